The maximum absolute atomic E-state index is 5.98. The van der Waals surface area contributed by atoms with E-state index in [9.17, 15) is 0 Å². The fourth-order valence-corrected chi connectivity index (χ4v) is 3.94. The van der Waals surface area contributed by atoms with Crippen LogP contribution in [0.5, 0.6) is 11.5 Å². The van der Waals surface area contributed by atoms with Crippen LogP contribution < -0.4 is 9.47 Å². The maximum Gasteiger partial charge on any atom is 0.119 e. The minimum absolute atomic E-state index is 0.697. The van der Waals surface area contributed by atoms with E-state index < -0.39 is 0 Å². The average Bonchev–Trinajstić information content (AvgIpc) is 3.21. The molecule has 0 N–H and O–H groups in total. The van der Waals surface area contributed by atoms with Crippen molar-refractivity contribution in [1.82, 2.24) is 9.47 Å². The van der Waals surface area contributed by atoms with Gasteiger partial charge in [-0.25, -0.2) is 0 Å². The molecule has 0 saturated heterocycles. The lowest BCUT2D eigenvalue weighted by atomic mass is 10.1. The Kier molecular flexibility index (Phi) is 6.58. The number of benzene rings is 3. The molecule has 31 heavy (non-hydrogen) atoms. The summed E-state index contributed by atoms with van der Waals surface area (Å²) >= 11 is 0. The Hall–Kier alpha value is -3.24. The zero-order valence-corrected chi connectivity index (χ0v) is 18.5. The Morgan fingerprint density at radius 1 is 0.806 bits per heavy atom. The normalized spacial score (nSPS) is 11.2. The van der Waals surface area contributed by atoms with Gasteiger partial charge in [0.15, 0.2) is 0 Å². The van der Waals surface area contributed by atoms with E-state index in [0.29, 0.717) is 6.61 Å². The van der Waals surface area contributed by atoms with Crippen LogP contribution in [0.3, 0.4) is 0 Å². The molecule has 0 radical (unpaired) electrons. The minimum atomic E-state index is 0.697. The molecule has 4 heteroatoms. The minimum Gasteiger partial charge on any atom is -0.497 e. The Morgan fingerprint density at radius 2 is 1.52 bits per heavy atom. The van der Waals surface area contributed by atoms with Crippen LogP contribution in [0.25, 0.3) is 27.8 Å². The lowest BCUT2D eigenvalue weighted by Crippen LogP contribution is -2.27. The van der Waals surface area contributed by atoms with Gasteiger partial charge in [-0.1, -0.05) is 44.2 Å². The molecule has 0 unspecified atom stereocenters. The Labute approximate surface area is 184 Å². The standard InChI is InChI=1S/C27H30N2O2/c1-4-28(5-2)17-18-31-24-13-11-23(12-14-24)29-26-16-15-25(30-3)19-22(26)20-27(29)21-9-7-6-8-10-21/h6-16,19-20H,4-5,17-18H2,1-3H3. The zero-order chi connectivity index (χ0) is 21.6. The van der Waals surface area contributed by atoms with Crippen molar-refractivity contribution in [1.29, 1.82) is 0 Å². The highest BCUT2D eigenvalue weighted by Gasteiger charge is 2.13. The molecule has 4 rings (SSSR count). The van der Waals surface area contributed by atoms with Crippen LogP contribution in [-0.2, 0) is 0 Å². The molecule has 0 spiro atoms. The van der Waals surface area contributed by atoms with Gasteiger partial charge in [-0.2, -0.15) is 0 Å². The maximum atomic E-state index is 5.98. The van der Waals surface area contributed by atoms with Crippen LogP contribution >= 0.6 is 0 Å². The molecule has 4 nitrogen and oxygen atoms in total. The smallest absolute Gasteiger partial charge is 0.119 e. The second kappa shape index (κ2) is 9.71. The average molecular weight is 415 g/mol. The fourth-order valence-electron chi connectivity index (χ4n) is 3.94. The van der Waals surface area contributed by atoms with E-state index in [1.165, 1.54) is 5.56 Å². The van der Waals surface area contributed by atoms with Crippen LogP contribution in [0, 0.1) is 0 Å². The number of hydrogen-bond acceptors (Lipinski definition) is 3. The molecule has 0 atom stereocenters. The zero-order valence-electron chi connectivity index (χ0n) is 18.5. The molecule has 0 bridgehead atoms. The number of nitrogens with zero attached hydrogens (tertiary/aromatic N) is 2. The van der Waals surface area contributed by atoms with E-state index >= 15 is 0 Å². The first-order valence-corrected chi connectivity index (χ1v) is 10.9. The number of aromatic nitrogens is 1. The van der Waals surface area contributed by atoms with Gasteiger partial charge < -0.3 is 18.9 Å². The first-order chi connectivity index (χ1) is 15.2. The number of fused-ring (bicyclic) bond motifs is 1. The van der Waals surface area contributed by atoms with Gasteiger partial charge in [0.05, 0.1) is 18.3 Å². The third-order valence-corrected chi connectivity index (χ3v) is 5.74. The highest BCUT2D eigenvalue weighted by Crippen LogP contribution is 2.33. The lowest BCUT2D eigenvalue weighted by molar-refractivity contribution is 0.223. The van der Waals surface area contributed by atoms with Gasteiger partial charge in [0.2, 0.25) is 0 Å². The summed E-state index contributed by atoms with van der Waals surface area (Å²) in [5.74, 6) is 1.76. The van der Waals surface area contributed by atoms with E-state index in [4.69, 9.17) is 9.47 Å². The van der Waals surface area contributed by atoms with Gasteiger partial charge in [-0.15, -0.1) is 0 Å². The van der Waals surface area contributed by atoms with Crippen molar-refractivity contribution in [3.63, 3.8) is 0 Å². The van der Waals surface area contributed by atoms with Crippen molar-refractivity contribution < 1.29 is 9.47 Å². The molecule has 0 aliphatic heterocycles. The van der Waals surface area contributed by atoms with Crippen LogP contribution in [0.15, 0.2) is 78.9 Å². The van der Waals surface area contributed by atoms with Gasteiger partial charge >= 0.3 is 0 Å². The van der Waals surface area contributed by atoms with Crippen LogP contribution in [0.4, 0.5) is 0 Å². The first kappa shape index (κ1) is 21.0. The van der Waals surface area contributed by atoms with Crippen LogP contribution in [0.2, 0.25) is 0 Å². The van der Waals surface area contributed by atoms with Crippen LogP contribution in [0.1, 0.15) is 13.8 Å². The molecule has 0 aliphatic carbocycles. The lowest BCUT2D eigenvalue weighted by Gasteiger charge is -2.18. The highest BCUT2D eigenvalue weighted by molar-refractivity contribution is 5.90. The predicted molar refractivity (Wildman–Crippen MR) is 129 cm³/mol. The summed E-state index contributed by atoms with van der Waals surface area (Å²) in [5, 5.41) is 1.15. The largest absolute Gasteiger partial charge is 0.497 e. The number of hydrogen-bond donors (Lipinski definition) is 0. The Bertz CT molecular complexity index is 1110. The van der Waals surface area contributed by atoms with Crippen molar-refractivity contribution in [3.05, 3.63) is 78.9 Å². The van der Waals surface area contributed by atoms with Gasteiger partial charge in [0.25, 0.3) is 0 Å². The summed E-state index contributed by atoms with van der Waals surface area (Å²) in [5.41, 5.74) is 4.58. The molecule has 3 aromatic carbocycles. The quantitative estimate of drug-likeness (QED) is 0.335. The molecular weight excluding hydrogens is 384 g/mol. The number of rotatable bonds is 9. The van der Waals surface area contributed by atoms with Gasteiger partial charge in [-0.05, 0) is 67.2 Å². The molecule has 0 saturated carbocycles. The molecule has 1 aromatic heterocycles. The van der Waals surface area contributed by atoms with Crippen molar-refractivity contribution in [2.75, 3.05) is 33.4 Å². The van der Waals surface area contributed by atoms with Crippen molar-refractivity contribution >= 4 is 10.9 Å². The van der Waals surface area contributed by atoms with E-state index in [1.54, 1.807) is 7.11 Å². The number of methoxy groups -OCH3 is 1. The van der Waals surface area contributed by atoms with Gasteiger partial charge in [-0.3, -0.25) is 0 Å². The molecule has 0 fully saturated rings. The third kappa shape index (κ3) is 4.59. The summed E-state index contributed by atoms with van der Waals surface area (Å²) in [6.45, 7) is 8.10. The molecular formula is C27H30N2O2. The van der Waals surface area contributed by atoms with Crippen molar-refractivity contribution in [2.24, 2.45) is 0 Å². The van der Waals surface area contributed by atoms with Gasteiger partial charge in [0, 0.05) is 17.6 Å². The number of likely N-dealkylation sites (N-methyl/N-ethyl adjacent to an activating group) is 1. The monoisotopic (exact) mass is 414 g/mol. The van der Waals surface area contributed by atoms with Gasteiger partial charge in [0.1, 0.15) is 18.1 Å². The molecule has 0 aliphatic rings. The predicted octanol–water partition coefficient (Wildman–Crippen LogP) is 6.03. The topological polar surface area (TPSA) is 26.6 Å². The summed E-state index contributed by atoms with van der Waals surface area (Å²) in [6, 6.07) is 27.3. The van der Waals surface area contributed by atoms with Crippen LogP contribution in [-0.4, -0.2) is 42.8 Å². The van der Waals surface area contributed by atoms with Crippen molar-refractivity contribution in [3.8, 4) is 28.4 Å². The fraction of sp³-hybridized carbons (Fsp3) is 0.259. The first-order valence-electron chi connectivity index (χ1n) is 10.9. The Morgan fingerprint density at radius 3 is 2.19 bits per heavy atom. The molecule has 1 heterocycles. The highest BCUT2D eigenvalue weighted by atomic mass is 16.5. The molecule has 160 valence electrons. The SMILES string of the molecule is CCN(CC)CCOc1ccc(-n2c(-c3ccccc3)cc3cc(OC)ccc32)cc1. The summed E-state index contributed by atoms with van der Waals surface area (Å²) in [7, 11) is 1.70. The van der Waals surface area contributed by atoms with E-state index in [1.807, 2.05) is 12.1 Å². The second-order valence-electron chi connectivity index (χ2n) is 7.53. The summed E-state index contributed by atoms with van der Waals surface area (Å²) in [4.78, 5) is 2.36. The second-order valence-corrected chi connectivity index (χ2v) is 7.53. The third-order valence-electron chi connectivity index (χ3n) is 5.74. The summed E-state index contributed by atoms with van der Waals surface area (Å²) < 4.78 is 13.7. The summed E-state index contributed by atoms with van der Waals surface area (Å²) in [6.07, 6.45) is 0. The van der Waals surface area contributed by atoms with E-state index in [-0.39, 0.29) is 0 Å². The van der Waals surface area contributed by atoms with E-state index in [0.717, 1.165) is 53.4 Å². The number of ether oxygens (including phenoxy) is 2. The molecule has 4 aromatic rings. The van der Waals surface area contributed by atoms with Crippen molar-refractivity contribution in [2.45, 2.75) is 13.8 Å². The van der Waals surface area contributed by atoms with E-state index in [2.05, 4.69) is 90.0 Å². The Balaban J connectivity index is 1.66. The molecule has 0 amide bonds.